The van der Waals surface area contributed by atoms with Crippen molar-refractivity contribution >= 4 is 16.8 Å². The average molecular weight is 268 g/mol. The van der Waals surface area contributed by atoms with Gasteiger partial charge >= 0.3 is 0 Å². The number of nitrogens with one attached hydrogen (secondary N) is 2. The largest absolute Gasteiger partial charge is 0.352 e. The molecule has 102 valence electrons. The van der Waals surface area contributed by atoms with Crippen molar-refractivity contribution in [1.29, 1.82) is 0 Å². The number of benzene rings is 1. The van der Waals surface area contributed by atoms with Crippen LogP contribution in [0.3, 0.4) is 0 Å². The van der Waals surface area contributed by atoms with Gasteiger partial charge in [-0.25, -0.2) is 0 Å². The van der Waals surface area contributed by atoms with E-state index in [0.29, 0.717) is 24.0 Å². The van der Waals surface area contributed by atoms with Crippen LogP contribution in [0.4, 0.5) is 0 Å². The zero-order valence-electron chi connectivity index (χ0n) is 11.1. The lowest BCUT2D eigenvalue weighted by Crippen LogP contribution is -2.26. The van der Waals surface area contributed by atoms with Crippen molar-refractivity contribution in [2.24, 2.45) is 0 Å². The first-order valence-electron chi connectivity index (χ1n) is 6.56. The van der Waals surface area contributed by atoms with E-state index in [4.69, 9.17) is 6.42 Å². The van der Waals surface area contributed by atoms with Gasteiger partial charge in [-0.15, -0.1) is 12.3 Å². The van der Waals surface area contributed by atoms with Crippen LogP contribution in [-0.4, -0.2) is 17.4 Å². The van der Waals surface area contributed by atoms with Gasteiger partial charge in [0.25, 0.3) is 5.91 Å². The summed E-state index contributed by atoms with van der Waals surface area (Å²) >= 11 is 0. The predicted molar refractivity (Wildman–Crippen MR) is 79.6 cm³/mol. The normalized spacial score (nSPS) is 10.2. The Morgan fingerprint density at radius 1 is 1.30 bits per heavy atom. The number of unbranched alkanes of at least 4 members (excludes halogenated alkanes) is 2. The Labute approximate surface area is 117 Å². The number of carbonyl (C=O) groups is 1. The highest BCUT2D eigenvalue weighted by molar-refractivity contribution is 6.05. The second-order valence-electron chi connectivity index (χ2n) is 4.51. The fraction of sp³-hybridized carbons (Fsp3) is 0.250. The van der Waals surface area contributed by atoms with Gasteiger partial charge in [0, 0.05) is 29.9 Å². The summed E-state index contributed by atoms with van der Waals surface area (Å²) in [6.07, 6.45) is 7.59. The van der Waals surface area contributed by atoms with Crippen molar-refractivity contribution in [2.45, 2.75) is 19.3 Å². The van der Waals surface area contributed by atoms with Crippen LogP contribution >= 0.6 is 0 Å². The van der Waals surface area contributed by atoms with E-state index in [2.05, 4.69) is 16.2 Å². The number of hydrogen-bond acceptors (Lipinski definition) is 2. The SMILES string of the molecule is C#CCCCCNC(=O)c1cc(=O)[nH]c2ccccc12. The fourth-order valence-electron chi connectivity index (χ4n) is 2.04. The third-order valence-corrected chi connectivity index (χ3v) is 3.03. The molecule has 0 unspecified atom stereocenters. The first kappa shape index (κ1) is 13.9. The Bertz CT molecular complexity index is 710. The highest BCUT2D eigenvalue weighted by Crippen LogP contribution is 2.14. The molecule has 1 aromatic carbocycles. The molecule has 0 spiro atoms. The Kier molecular flexibility index (Phi) is 4.56. The minimum atomic E-state index is -0.277. The maximum Gasteiger partial charge on any atom is 0.252 e. The van der Waals surface area contributed by atoms with Gasteiger partial charge in [0.15, 0.2) is 0 Å². The van der Waals surface area contributed by atoms with Gasteiger partial charge in [0.2, 0.25) is 5.56 Å². The number of aromatic nitrogens is 1. The van der Waals surface area contributed by atoms with Gasteiger partial charge in [0.05, 0.1) is 5.56 Å². The van der Waals surface area contributed by atoms with Crippen LogP contribution in [0.1, 0.15) is 29.6 Å². The molecular weight excluding hydrogens is 252 g/mol. The molecule has 2 aromatic rings. The molecule has 20 heavy (non-hydrogen) atoms. The van der Waals surface area contributed by atoms with Gasteiger partial charge in [0.1, 0.15) is 0 Å². The van der Waals surface area contributed by atoms with Crippen LogP contribution in [-0.2, 0) is 0 Å². The molecule has 0 aliphatic rings. The van der Waals surface area contributed by atoms with Crippen LogP contribution in [0.25, 0.3) is 10.9 Å². The number of H-pyrrole nitrogens is 1. The van der Waals surface area contributed by atoms with Gasteiger partial charge < -0.3 is 10.3 Å². The molecule has 0 saturated heterocycles. The number of amides is 1. The van der Waals surface area contributed by atoms with Crippen LogP contribution in [0, 0.1) is 12.3 Å². The topological polar surface area (TPSA) is 62.0 Å². The number of carbonyl (C=O) groups excluding carboxylic acids is 1. The predicted octanol–water partition coefficient (Wildman–Crippen LogP) is 2.06. The molecule has 1 heterocycles. The maximum absolute atomic E-state index is 12.1. The summed E-state index contributed by atoms with van der Waals surface area (Å²) in [4.78, 5) is 26.4. The number of aromatic amines is 1. The highest BCUT2D eigenvalue weighted by Gasteiger charge is 2.10. The van der Waals surface area contributed by atoms with E-state index in [1.807, 2.05) is 18.2 Å². The molecule has 0 aliphatic carbocycles. The maximum atomic E-state index is 12.1. The molecule has 0 fully saturated rings. The number of rotatable bonds is 5. The molecule has 4 heteroatoms. The Morgan fingerprint density at radius 2 is 2.10 bits per heavy atom. The van der Waals surface area contributed by atoms with E-state index in [0.717, 1.165) is 18.2 Å². The van der Waals surface area contributed by atoms with Crippen LogP contribution in [0.15, 0.2) is 35.1 Å². The molecular formula is C16H16N2O2. The van der Waals surface area contributed by atoms with Crippen molar-refractivity contribution in [1.82, 2.24) is 10.3 Å². The Balaban J connectivity index is 2.14. The highest BCUT2D eigenvalue weighted by atomic mass is 16.2. The summed E-state index contributed by atoms with van der Waals surface area (Å²) in [5.74, 6) is 2.33. The van der Waals surface area contributed by atoms with E-state index in [9.17, 15) is 9.59 Å². The first-order valence-corrected chi connectivity index (χ1v) is 6.56. The fourth-order valence-corrected chi connectivity index (χ4v) is 2.04. The zero-order chi connectivity index (χ0) is 14.4. The molecule has 2 N–H and O–H groups in total. The number of pyridine rings is 1. The van der Waals surface area contributed by atoms with E-state index in [1.54, 1.807) is 6.07 Å². The van der Waals surface area contributed by atoms with Crippen LogP contribution in [0.2, 0.25) is 0 Å². The number of para-hydroxylation sites is 1. The second kappa shape index (κ2) is 6.58. The van der Waals surface area contributed by atoms with Crippen molar-refractivity contribution in [3.8, 4) is 12.3 Å². The lowest BCUT2D eigenvalue weighted by Gasteiger charge is -2.07. The monoisotopic (exact) mass is 268 g/mol. The van der Waals surface area contributed by atoms with Crippen molar-refractivity contribution in [3.63, 3.8) is 0 Å². The molecule has 0 radical (unpaired) electrons. The summed E-state index contributed by atoms with van der Waals surface area (Å²) in [6.45, 7) is 0.557. The molecule has 1 aromatic heterocycles. The molecule has 0 aliphatic heterocycles. The van der Waals surface area contributed by atoms with Gasteiger partial charge in [-0.2, -0.15) is 0 Å². The van der Waals surface area contributed by atoms with Crippen LogP contribution in [0.5, 0.6) is 0 Å². The minimum absolute atomic E-state index is 0.229. The lowest BCUT2D eigenvalue weighted by molar-refractivity contribution is 0.0954. The molecule has 1 amide bonds. The average Bonchev–Trinajstić information content (AvgIpc) is 2.46. The summed E-state index contributed by atoms with van der Waals surface area (Å²) in [6, 6.07) is 8.59. The lowest BCUT2D eigenvalue weighted by atomic mass is 10.1. The van der Waals surface area contributed by atoms with E-state index >= 15 is 0 Å². The number of hydrogen-bond donors (Lipinski definition) is 2. The van der Waals surface area contributed by atoms with Crippen molar-refractivity contribution in [3.05, 3.63) is 46.2 Å². The molecule has 0 saturated carbocycles. The van der Waals surface area contributed by atoms with Crippen LogP contribution < -0.4 is 10.9 Å². The minimum Gasteiger partial charge on any atom is -0.352 e. The Hall–Kier alpha value is -2.54. The van der Waals surface area contributed by atoms with Gasteiger partial charge in [-0.1, -0.05) is 18.2 Å². The molecule has 2 rings (SSSR count). The molecule has 4 nitrogen and oxygen atoms in total. The van der Waals surface area contributed by atoms with Gasteiger partial charge in [-0.3, -0.25) is 9.59 Å². The van der Waals surface area contributed by atoms with E-state index in [-0.39, 0.29) is 11.5 Å². The smallest absolute Gasteiger partial charge is 0.252 e. The third kappa shape index (κ3) is 3.27. The van der Waals surface area contributed by atoms with E-state index < -0.39 is 0 Å². The summed E-state index contributed by atoms with van der Waals surface area (Å²) in [5, 5.41) is 3.56. The first-order chi connectivity index (χ1) is 9.72. The summed E-state index contributed by atoms with van der Waals surface area (Å²) in [5.41, 5.74) is 0.792. The number of fused-ring (bicyclic) bond motifs is 1. The standard InChI is InChI=1S/C16H16N2O2/c1-2-3-4-7-10-17-16(20)13-11-15(19)18-14-9-6-5-8-12(13)14/h1,5-6,8-9,11H,3-4,7,10H2,(H,17,20)(H,18,19). The summed E-state index contributed by atoms with van der Waals surface area (Å²) < 4.78 is 0. The third-order valence-electron chi connectivity index (χ3n) is 3.03. The summed E-state index contributed by atoms with van der Waals surface area (Å²) in [7, 11) is 0. The van der Waals surface area contributed by atoms with Crippen molar-refractivity contribution < 1.29 is 4.79 Å². The number of terminal acetylenes is 1. The zero-order valence-corrected chi connectivity index (χ0v) is 11.1. The molecule has 0 atom stereocenters. The Morgan fingerprint density at radius 3 is 2.90 bits per heavy atom. The van der Waals surface area contributed by atoms with E-state index in [1.165, 1.54) is 6.07 Å². The molecule has 0 bridgehead atoms. The van der Waals surface area contributed by atoms with Gasteiger partial charge in [-0.05, 0) is 18.9 Å². The van der Waals surface area contributed by atoms with Crippen molar-refractivity contribution in [2.75, 3.05) is 6.54 Å². The quantitative estimate of drug-likeness (QED) is 0.644. The second-order valence-corrected chi connectivity index (χ2v) is 4.51.